The Balaban J connectivity index is 2.22. The van der Waals surface area contributed by atoms with Gasteiger partial charge in [0.1, 0.15) is 5.82 Å². The van der Waals surface area contributed by atoms with Crippen LogP contribution in [0.1, 0.15) is 50.3 Å². The van der Waals surface area contributed by atoms with Crippen molar-refractivity contribution in [2.75, 3.05) is 0 Å². The monoisotopic (exact) mass is 264 g/mol. The molecule has 0 bridgehead atoms. The fraction of sp³-hybridized carbons (Fsp3) is 0.625. The highest BCUT2D eigenvalue weighted by Gasteiger charge is 2.31. The molecule has 3 N–H and O–H groups in total. The molecule has 0 spiro atoms. The summed E-state index contributed by atoms with van der Waals surface area (Å²) in [5, 5.41) is 0. The molecule has 1 aliphatic rings. The average Bonchev–Trinajstić information content (AvgIpc) is 2.39. The molecule has 2 nitrogen and oxygen atoms in total. The van der Waals surface area contributed by atoms with Gasteiger partial charge in [-0.05, 0) is 43.1 Å². The minimum absolute atomic E-state index is 0.0742. The Labute approximate surface area is 115 Å². The third-order valence-corrected chi connectivity index (χ3v) is 4.85. The van der Waals surface area contributed by atoms with E-state index in [9.17, 15) is 4.39 Å². The van der Waals surface area contributed by atoms with Crippen molar-refractivity contribution in [2.45, 2.75) is 46.1 Å². The number of hydrogen-bond donors (Lipinski definition) is 2. The van der Waals surface area contributed by atoms with Crippen LogP contribution in [0.25, 0.3) is 0 Å². The number of hydrogen-bond acceptors (Lipinski definition) is 2. The minimum Gasteiger partial charge on any atom is -0.271 e. The van der Waals surface area contributed by atoms with Crippen LogP contribution in [0.5, 0.6) is 0 Å². The normalized spacial score (nSPS) is 29.2. The maximum Gasteiger partial charge on any atom is 0.130 e. The largest absolute Gasteiger partial charge is 0.271 e. The van der Waals surface area contributed by atoms with E-state index in [0.717, 1.165) is 18.8 Å². The van der Waals surface area contributed by atoms with Gasteiger partial charge in [-0.3, -0.25) is 11.3 Å². The van der Waals surface area contributed by atoms with Crippen molar-refractivity contribution in [3.63, 3.8) is 0 Å². The van der Waals surface area contributed by atoms with Crippen LogP contribution in [0, 0.1) is 30.5 Å². The Morgan fingerprint density at radius 2 is 2.00 bits per heavy atom. The maximum absolute atomic E-state index is 14.3. The molecule has 1 aromatic rings. The van der Waals surface area contributed by atoms with Crippen LogP contribution >= 0.6 is 0 Å². The predicted octanol–water partition coefficient (Wildman–Crippen LogP) is 3.71. The van der Waals surface area contributed by atoms with E-state index in [-0.39, 0.29) is 11.9 Å². The smallest absolute Gasteiger partial charge is 0.130 e. The van der Waals surface area contributed by atoms with Crippen LogP contribution in [0.3, 0.4) is 0 Å². The predicted molar refractivity (Wildman–Crippen MR) is 76.9 cm³/mol. The highest BCUT2D eigenvalue weighted by Crippen LogP contribution is 2.40. The Bertz CT molecular complexity index is 433. The number of nitrogens with two attached hydrogens (primary N) is 1. The number of benzene rings is 1. The Kier molecular flexibility index (Phi) is 4.58. The first-order valence-electron chi connectivity index (χ1n) is 7.25. The lowest BCUT2D eigenvalue weighted by Gasteiger charge is -2.36. The molecule has 0 radical (unpaired) electrons. The van der Waals surface area contributed by atoms with Crippen LogP contribution in [-0.2, 0) is 0 Å². The van der Waals surface area contributed by atoms with Crippen LogP contribution in [-0.4, -0.2) is 0 Å². The topological polar surface area (TPSA) is 38.0 Å². The molecule has 3 heteroatoms. The van der Waals surface area contributed by atoms with E-state index in [1.165, 1.54) is 6.42 Å². The van der Waals surface area contributed by atoms with E-state index in [2.05, 4.69) is 19.3 Å². The number of nitrogens with one attached hydrogen (secondary N) is 1. The van der Waals surface area contributed by atoms with Crippen LogP contribution < -0.4 is 11.3 Å². The fourth-order valence-electron chi connectivity index (χ4n) is 3.28. The Morgan fingerprint density at radius 3 is 2.63 bits per heavy atom. The van der Waals surface area contributed by atoms with Crippen molar-refractivity contribution in [1.29, 1.82) is 0 Å². The summed E-state index contributed by atoms with van der Waals surface area (Å²) < 4.78 is 14.3. The first-order chi connectivity index (χ1) is 9.04. The van der Waals surface area contributed by atoms with E-state index < -0.39 is 0 Å². The third-order valence-electron chi connectivity index (χ3n) is 4.85. The lowest BCUT2D eigenvalue weighted by molar-refractivity contribution is 0.169. The lowest BCUT2D eigenvalue weighted by atomic mass is 9.72. The van der Waals surface area contributed by atoms with Gasteiger partial charge in [-0.2, -0.15) is 0 Å². The summed E-state index contributed by atoms with van der Waals surface area (Å²) in [6.07, 6.45) is 3.44. The molecule has 0 aliphatic heterocycles. The second kappa shape index (κ2) is 6.02. The molecule has 19 heavy (non-hydrogen) atoms. The number of aryl methyl sites for hydroxylation is 1. The molecule has 2 rings (SSSR count). The molecule has 0 saturated heterocycles. The Morgan fingerprint density at radius 1 is 1.26 bits per heavy atom. The van der Waals surface area contributed by atoms with E-state index in [0.29, 0.717) is 23.0 Å². The molecule has 1 aromatic carbocycles. The van der Waals surface area contributed by atoms with Gasteiger partial charge in [0.15, 0.2) is 0 Å². The van der Waals surface area contributed by atoms with Crippen molar-refractivity contribution in [3.05, 3.63) is 35.1 Å². The van der Waals surface area contributed by atoms with Gasteiger partial charge in [-0.15, -0.1) is 0 Å². The SMILES string of the molecule is Cc1cccc(C(NN)C2CCC(C)C(C)C2)c1F. The average molecular weight is 264 g/mol. The minimum atomic E-state index is -0.114. The lowest BCUT2D eigenvalue weighted by Crippen LogP contribution is -2.37. The number of halogens is 1. The van der Waals surface area contributed by atoms with Crippen molar-refractivity contribution in [2.24, 2.45) is 23.6 Å². The van der Waals surface area contributed by atoms with E-state index in [1.54, 1.807) is 13.0 Å². The van der Waals surface area contributed by atoms with Gasteiger partial charge in [-0.25, -0.2) is 4.39 Å². The molecule has 0 amide bonds. The van der Waals surface area contributed by atoms with Crippen LogP contribution in [0.2, 0.25) is 0 Å². The van der Waals surface area contributed by atoms with Gasteiger partial charge in [-0.1, -0.05) is 38.5 Å². The molecule has 4 unspecified atom stereocenters. The summed E-state index contributed by atoms with van der Waals surface area (Å²) in [4.78, 5) is 0. The van der Waals surface area contributed by atoms with Gasteiger partial charge < -0.3 is 0 Å². The number of rotatable bonds is 3. The zero-order valence-corrected chi connectivity index (χ0v) is 12.1. The highest BCUT2D eigenvalue weighted by atomic mass is 19.1. The first-order valence-corrected chi connectivity index (χ1v) is 7.25. The fourth-order valence-corrected chi connectivity index (χ4v) is 3.28. The molecular weight excluding hydrogens is 239 g/mol. The van der Waals surface area contributed by atoms with Gasteiger partial charge in [0.2, 0.25) is 0 Å². The molecule has 106 valence electrons. The van der Waals surface area contributed by atoms with E-state index in [4.69, 9.17) is 5.84 Å². The zero-order chi connectivity index (χ0) is 14.0. The summed E-state index contributed by atoms with van der Waals surface area (Å²) in [6.45, 7) is 6.40. The van der Waals surface area contributed by atoms with Crippen LogP contribution in [0.4, 0.5) is 4.39 Å². The van der Waals surface area contributed by atoms with Crippen molar-refractivity contribution in [3.8, 4) is 0 Å². The highest BCUT2D eigenvalue weighted by molar-refractivity contribution is 5.28. The summed E-state index contributed by atoms with van der Waals surface area (Å²) in [6, 6.07) is 5.50. The second-order valence-corrected chi connectivity index (χ2v) is 6.15. The molecule has 4 atom stereocenters. The maximum atomic E-state index is 14.3. The second-order valence-electron chi connectivity index (χ2n) is 6.15. The molecule has 0 heterocycles. The van der Waals surface area contributed by atoms with Gasteiger partial charge in [0.25, 0.3) is 0 Å². The van der Waals surface area contributed by atoms with Crippen LogP contribution in [0.15, 0.2) is 18.2 Å². The van der Waals surface area contributed by atoms with Gasteiger partial charge in [0, 0.05) is 5.56 Å². The van der Waals surface area contributed by atoms with Crippen molar-refractivity contribution in [1.82, 2.24) is 5.43 Å². The summed E-state index contributed by atoms with van der Waals surface area (Å²) in [5.74, 6) is 7.47. The zero-order valence-electron chi connectivity index (χ0n) is 12.1. The molecular formula is C16H25FN2. The summed E-state index contributed by atoms with van der Waals surface area (Å²) >= 11 is 0. The van der Waals surface area contributed by atoms with E-state index in [1.807, 2.05) is 12.1 Å². The quantitative estimate of drug-likeness (QED) is 0.645. The molecule has 1 fully saturated rings. The molecule has 1 aliphatic carbocycles. The summed E-state index contributed by atoms with van der Waals surface area (Å²) in [5.41, 5.74) is 4.26. The van der Waals surface area contributed by atoms with Gasteiger partial charge in [0.05, 0.1) is 6.04 Å². The number of hydrazine groups is 1. The van der Waals surface area contributed by atoms with Crippen molar-refractivity contribution < 1.29 is 4.39 Å². The van der Waals surface area contributed by atoms with E-state index >= 15 is 0 Å². The third kappa shape index (κ3) is 2.98. The molecule has 0 aromatic heterocycles. The van der Waals surface area contributed by atoms with Crippen molar-refractivity contribution >= 4 is 0 Å². The molecule has 1 saturated carbocycles. The standard InChI is InChI=1S/C16H25FN2/c1-10-7-8-13(9-12(10)3)16(19-18)14-6-4-5-11(2)15(14)17/h4-6,10,12-13,16,19H,7-9,18H2,1-3H3. The first kappa shape index (κ1) is 14.5. The van der Waals surface area contributed by atoms with Gasteiger partial charge >= 0.3 is 0 Å². The summed E-state index contributed by atoms with van der Waals surface area (Å²) in [7, 11) is 0. The Hall–Kier alpha value is -0.930.